The minimum absolute atomic E-state index is 0.273. The number of rotatable bonds is 3. The maximum atomic E-state index is 4.33. The van der Waals surface area contributed by atoms with Crippen molar-refractivity contribution in [1.82, 2.24) is 4.31 Å². The number of nitrogens with zero attached hydrogens (tertiary/aromatic N) is 1. The first kappa shape index (κ1) is 12.7. The smallest absolute Gasteiger partial charge is 0.0509 e. The highest BCUT2D eigenvalue weighted by Gasteiger charge is 2.29. The molecular weight excluding hydrogens is 210 g/mol. The van der Waals surface area contributed by atoms with Gasteiger partial charge < -0.3 is 0 Å². The van der Waals surface area contributed by atoms with Crippen LogP contribution < -0.4 is 0 Å². The molecule has 0 atom stereocenters. The third-order valence-electron chi connectivity index (χ3n) is 2.76. The van der Waals surface area contributed by atoms with E-state index in [1.54, 1.807) is 0 Å². The fourth-order valence-corrected chi connectivity index (χ4v) is 3.53. The molecule has 1 rings (SSSR count). The monoisotopic (exact) mass is 233 g/mol. The summed E-state index contributed by atoms with van der Waals surface area (Å²) < 4.78 is 2.57. The highest BCUT2D eigenvalue weighted by atomic mass is 32.2. The van der Waals surface area contributed by atoms with Crippen molar-refractivity contribution in [2.75, 3.05) is 5.08 Å². The molecule has 1 fully saturated rings. The van der Waals surface area contributed by atoms with Gasteiger partial charge in [-0.1, -0.05) is 31.2 Å². The summed E-state index contributed by atoms with van der Waals surface area (Å²) in [4.78, 5) is 0. The van der Waals surface area contributed by atoms with Crippen molar-refractivity contribution >= 4 is 24.6 Å². The Morgan fingerprint density at radius 2 is 1.79 bits per heavy atom. The minimum Gasteiger partial charge on any atom is -0.242 e. The molecule has 84 valence electrons. The second kappa shape index (κ2) is 5.66. The summed E-state index contributed by atoms with van der Waals surface area (Å²) in [6.45, 7) is 6.91. The van der Waals surface area contributed by atoms with Gasteiger partial charge in [0.25, 0.3) is 0 Å². The summed E-state index contributed by atoms with van der Waals surface area (Å²) in [5.41, 5.74) is 0.273. The van der Waals surface area contributed by atoms with Gasteiger partial charge in [-0.05, 0) is 33.6 Å². The van der Waals surface area contributed by atoms with Crippen LogP contribution in [-0.4, -0.2) is 21.0 Å². The predicted octanol–water partition coefficient (Wildman–Crippen LogP) is 3.96. The van der Waals surface area contributed by atoms with Crippen molar-refractivity contribution in [3.63, 3.8) is 0 Å². The molecule has 0 aromatic carbocycles. The normalized spacial score (nSPS) is 20.4. The van der Waals surface area contributed by atoms with E-state index in [9.17, 15) is 0 Å². The molecule has 0 unspecified atom stereocenters. The first-order chi connectivity index (χ1) is 6.55. The third-order valence-corrected chi connectivity index (χ3v) is 4.35. The van der Waals surface area contributed by atoms with Crippen LogP contribution in [0, 0.1) is 0 Å². The van der Waals surface area contributed by atoms with Gasteiger partial charge >= 0.3 is 0 Å². The lowest BCUT2D eigenvalue weighted by Crippen LogP contribution is -2.44. The molecule has 0 spiro atoms. The van der Waals surface area contributed by atoms with E-state index in [-0.39, 0.29) is 5.54 Å². The van der Waals surface area contributed by atoms with Crippen LogP contribution in [0.15, 0.2) is 0 Å². The molecule has 3 heteroatoms. The van der Waals surface area contributed by atoms with Gasteiger partial charge in [0.2, 0.25) is 0 Å². The Kier molecular flexibility index (Phi) is 5.15. The van der Waals surface area contributed by atoms with Crippen LogP contribution in [0.3, 0.4) is 0 Å². The SMILES string of the molecule is CC(C)(C)N(SCS)C1CCCCC1. The van der Waals surface area contributed by atoms with E-state index in [0.717, 1.165) is 11.1 Å². The number of hydrogen-bond donors (Lipinski definition) is 1. The summed E-state index contributed by atoms with van der Waals surface area (Å²) in [6.07, 6.45) is 6.99. The highest BCUT2D eigenvalue weighted by Crippen LogP contribution is 2.33. The van der Waals surface area contributed by atoms with Crippen LogP contribution in [0.5, 0.6) is 0 Å². The van der Waals surface area contributed by atoms with Crippen molar-refractivity contribution in [2.24, 2.45) is 0 Å². The van der Waals surface area contributed by atoms with Gasteiger partial charge in [-0.3, -0.25) is 0 Å². The van der Waals surface area contributed by atoms with Crippen LogP contribution in [0.25, 0.3) is 0 Å². The van der Waals surface area contributed by atoms with Crippen LogP contribution in [0.4, 0.5) is 0 Å². The van der Waals surface area contributed by atoms with Crippen molar-refractivity contribution in [2.45, 2.75) is 64.5 Å². The topological polar surface area (TPSA) is 3.24 Å². The lowest BCUT2D eigenvalue weighted by molar-refractivity contribution is 0.172. The molecule has 0 N–H and O–H groups in total. The number of thiol groups is 1. The first-order valence-electron chi connectivity index (χ1n) is 5.59. The molecule has 1 aliphatic carbocycles. The van der Waals surface area contributed by atoms with Gasteiger partial charge in [-0.2, -0.15) is 12.6 Å². The van der Waals surface area contributed by atoms with Crippen LogP contribution in [0.2, 0.25) is 0 Å². The van der Waals surface area contributed by atoms with Gasteiger partial charge in [0.15, 0.2) is 0 Å². The molecule has 1 aliphatic rings. The minimum atomic E-state index is 0.273. The van der Waals surface area contributed by atoms with Gasteiger partial charge in [0.05, 0.1) is 5.08 Å². The van der Waals surface area contributed by atoms with E-state index in [0.29, 0.717) is 0 Å². The molecule has 0 aromatic heterocycles. The maximum Gasteiger partial charge on any atom is 0.0509 e. The molecule has 1 saturated carbocycles. The zero-order chi connectivity index (χ0) is 10.6. The van der Waals surface area contributed by atoms with E-state index < -0.39 is 0 Å². The zero-order valence-corrected chi connectivity index (χ0v) is 11.3. The number of hydrogen-bond acceptors (Lipinski definition) is 3. The van der Waals surface area contributed by atoms with Crippen LogP contribution in [-0.2, 0) is 0 Å². The molecule has 1 nitrogen and oxygen atoms in total. The molecule has 0 heterocycles. The van der Waals surface area contributed by atoms with Crippen molar-refractivity contribution in [3.8, 4) is 0 Å². The average molecular weight is 233 g/mol. The Morgan fingerprint density at radius 3 is 2.21 bits per heavy atom. The van der Waals surface area contributed by atoms with Crippen LogP contribution in [0.1, 0.15) is 52.9 Å². The van der Waals surface area contributed by atoms with Gasteiger partial charge in [0, 0.05) is 11.6 Å². The van der Waals surface area contributed by atoms with Gasteiger partial charge in [-0.15, -0.1) is 0 Å². The van der Waals surface area contributed by atoms with Crippen LogP contribution >= 0.6 is 24.6 Å². The predicted molar refractivity (Wildman–Crippen MR) is 69.9 cm³/mol. The Labute approximate surface area is 98.6 Å². The van der Waals surface area contributed by atoms with Crippen molar-refractivity contribution in [1.29, 1.82) is 0 Å². The second-order valence-corrected chi connectivity index (χ2v) is 6.73. The molecule has 0 aliphatic heterocycles. The zero-order valence-electron chi connectivity index (χ0n) is 9.62. The third kappa shape index (κ3) is 3.67. The quantitative estimate of drug-likeness (QED) is 0.446. The van der Waals surface area contributed by atoms with E-state index in [1.807, 2.05) is 11.9 Å². The highest BCUT2D eigenvalue weighted by molar-refractivity contribution is 8.07. The fraction of sp³-hybridized carbons (Fsp3) is 1.00. The standard InChI is InChI=1S/C11H23NS2/c1-11(2,3)12(14-9-13)10-7-5-4-6-8-10/h10,13H,4-9H2,1-3H3. The van der Waals surface area contributed by atoms with E-state index in [1.165, 1.54) is 32.1 Å². The summed E-state index contributed by atoms with van der Waals surface area (Å²) in [5.74, 6) is 0. The maximum absolute atomic E-state index is 4.33. The summed E-state index contributed by atoms with van der Waals surface area (Å²) in [5, 5.41) is 0.897. The van der Waals surface area contributed by atoms with E-state index in [2.05, 4.69) is 37.7 Å². The Bertz CT molecular complexity index is 159. The molecule has 0 aromatic rings. The van der Waals surface area contributed by atoms with Crippen molar-refractivity contribution in [3.05, 3.63) is 0 Å². The Morgan fingerprint density at radius 1 is 1.21 bits per heavy atom. The largest absolute Gasteiger partial charge is 0.242 e. The summed E-state index contributed by atoms with van der Waals surface area (Å²) in [6, 6.07) is 0.779. The Hall–Kier alpha value is 0.660. The van der Waals surface area contributed by atoms with E-state index >= 15 is 0 Å². The second-order valence-electron chi connectivity index (χ2n) is 5.05. The molecular formula is C11H23NS2. The van der Waals surface area contributed by atoms with Crippen molar-refractivity contribution < 1.29 is 0 Å². The summed E-state index contributed by atoms with van der Waals surface area (Å²) >= 11 is 6.22. The average Bonchev–Trinajstić information content (AvgIpc) is 2.14. The Balaban J connectivity index is 2.56. The molecule has 0 amide bonds. The molecule has 14 heavy (non-hydrogen) atoms. The van der Waals surface area contributed by atoms with Gasteiger partial charge in [-0.25, -0.2) is 4.31 Å². The lowest BCUT2D eigenvalue weighted by atomic mass is 9.93. The molecule has 0 radical (unpaired) electrons. The fourth-order valence-electron chi connectivity index (χ4n) is 2.22. The molecule has 0 bridgehead atoms. The van der Waals surface area contributed by atoms with E-state index in [4.69, 9.17) is 0 Å². The lowest BCUT2D eigenvalue weighted by Gasteiger charge is -2.42. The molecule has 0 saturated heterocycles. The van der Waals surface area contributed by atoms with Gasteiger partial charge in [0.1, 0.15) is 0 Å². The summed E-state index contributed by atoms with van der Waals surface area (Å²) in [7, 11) is 0. The first-order valence-corrected chi connectivity index (χ1v) is 7.16.